The minimum atomic E-state index is 0.220. The maximum absolute atomic E-state index is 3.61. The standard InChI is InChI=1S/C15H34N2/c1-8-9-10-11-17(7)13-15(5,6)12-16-14(2,3)4/h16H,8-13H2,1-7H3. The molecule has 0 bridgehead atoms. The quantitative estimate of drug-likeness (QED) is 0.655. The van der Waals surface area contributed by atoms with E-state index in [4.69, 9.17) is 0 Å². The van der Waals surface area contributed by atoms with Crippen molar-refractivity contribution < 1.29 is 0 Å². The molecule has 0 aliphatic carbocycles. The van der Waals surface area contributed by atoms with Gasteiger partial charge in [0.05, 0.1) is 0 Å². The smallest absolute Gasteiger partial charge is 0.00967 e. The fourth-order valence-corrected chi connectivity index (χ4v) is 2.00. The summed E-state index contributed by atoms with van der Waals surface area (Å²) in [5, 5.41) is 3.61. The molecule has 0 aliphatic heterocycles. The van der Waals surface area contributed by atoms with Gasteiger partial charge < -0.3 is 10.2 Å². The fourth-order valence-electron chi connectivity index (χ4n) is 2.00. The van der Waals surface area contributed by atoms with E-state index in [1.165, 1.54) is 32.4 Å². The first-order valence-electron chi connectivity index (χ1n) is 7.10. The molecule has 2 heteroatoms. The Kier molecular flexibility index (Phi) is 7.34. The lowest BCUT2D eigenvalue weighted by Gasteiger charge is -2.33. The zero-order chi connectivity index (χ0) is 13.5. The average molecular weight is 242 g/mol. The van der Waals surface area contributed by atoms with Crippen LogP contribution in [0.4, 0.5) is 0 Å². The van der Waals surface area contributed by atoms with Crippen LogP contribution < -0.4 is 5.32 Å². The summed E-state index contributed by atoms with van der Waals surface area (Å²) in [5.74, 6) is 0. The predicted molar refractivity (Wildman–Crippen MR) is 78.6 cm³/mol. The summed E-state index contributed by atoms with van der Waals surface area (Å²) in [6.07, 6.45) is 3.99. The maximum Gasteiger partial charge on any atom is 0.00967 e. The molecule has 0 fully saturated rings. The van der Waals surface area contributed by atoms with Crippen molar-refractivity contribution in [1.82, 2.24) is 10.2 Å². The van der Waals surface area contributed by atoms with Gasteiger partial charge in [-0.25, -0.2) is 0 Å². The van der Waals surface area contributed by atoms with Crippen LogP contribution in [0.3, 0.4) is 0 Å². The second-order valence-electron chi connectivity index (χ2n) is 7.21. The molecule has 0 rings (SSSR count). The van der Waals surface area contributed by atoms with Crippen molar-refractivity contribution in [3.63, 3.8) is 0 Å². The molecule has 17 heavy (non-hydrogen) atoms. The number of hydrogen-bond acceptors (Lipinski definition) is 2. The highest BCUT2D eigenvalue weighted by atomic mass is 15.1. The lowest BCUT2D eigenvalue weighted by molar-refractivity contribution is 0.189. The van der Waals surface area contributed by atoms with Crippen LogP contribution >= 0.6 is 0 Å². The van der Waals surface area contributed by atoms with Gasteiger partial charge in [-0.1, -0.05) is 33.6 Å². The molecule has 1 N–H and O–H groups in total. The Morgan fingerprint density at radius 2 is 1.59 bits per heavy atom. The molecule has 0 spiro atoms. The highest BCUT2D eigenvalue weighted by Gasteiger charge is 2.22. The average Bonchev–Trinajstić information content (AvgIpc) is 2.14. The number of nitrogens with one attached hydrogen (secondary N) is 1. The van der Waals surface area contributed by atoms with Crippen LogP contribution in [0.1, 0.15) is 60.8 Å². The number of unbranched alkanes of at least 4 members (excludes halogenated alkanes) is 2. The molecule has 0 saturated carbocycles. The molecule has 0 atom stereocenters. The summed E-state index contributed by atoms with van der Waals surface area (Å²) in [5.41, 5.74) is 0.562. The largest absolute Gasteiger partial charge is 0.311 e. The lowest BCUT2D eigenvalue weighted by atomic mass is 9.91. The van der Waals surface area contributed by atoms with E-state index in [1.54, 1.807) is 0 Å². The second-order valence-corrected chi connectivity index (χ2v) is 7.21. The van der Waals surface area contributed by atoms with Gasteiger partial charge in [-0.2, -0.15) is 0 Å². The zero-order valence-corrected chi connectivity index (χ0v) is 13.2. The molecular weight excluding hydrogens is 208 g/mol. The third-order valence-corrected chi connectivity index (χ3v) is 2.94. The van der Waals surface area contributed by atoms with Crippen LogP contribution in [0.2, 0.25) is 0 Å². The maximum atomic E-state index is 3.61. The Morgan fingerprint density at radius 3 is 2.06 bits per heavy atom. The van der Waals surface area contributed by atoms with E-state index in [0.717, 1.165) is 6.54 Å². The summed E-state index contributed by atoms with van der Waals surface area (Å²) in [6, 6.07) is 0. The van der Waals surface area contributed by atoms with Crippen LogP contribution in [-0.4, -0.2) is 37.1 Å². The Labute approximate surface area is 109 Å². The van der Waals surface area contributed by atoms with E-state index in [2.05, 4.69) is 58.8 Å². The minimum Gasteiger partial charge on any atom is -0.311 e. The predicted octanol–water partition coefficient (Wildman–Crippen LogP) is 3.52. The number of rotatable bonds is 8. The molecule has 0 radical (unpaired) electrons. The first kappa shape index (κ1) is 16.9. The minimum absolute atomic E-state index is 0.220. The normalized spacial score (nSPS) is 13.4. The van der Waals surface area contributed by atoms with Gasteiger partial charge in [-0.15, -0.1) is 0 Å². The number of nitrogens with zero attached hydrogens (tertiary/aromatic N) is 1. The first-order valence-corrected chi connectivity index (χ1v) is 7.10. The van der Waals surface area contributed by atoms with E-state index in [9.17, 15) is 0 Å². The van der Waals surface area contributed by atoms with Crippen molar-refractivity contribution in [2.45, 2.75) is 66.3 Å². The van der Waals surface area contributed by atoms with E-state index >= 15 is 0 Å². The van der Waals surface area contributed by atoms with E-state index in [0.29, 0.717) is 5.41 Å². The van der Waals surface area contributed by atoms with Crippen molar-refractivity contribution in [1.29, 1.82) is 0 Å². The van der Waals surface area contributed by atoms with Crippen LogP contribution in [0.5, 0.6) is 0 Å². The molecule has 2 nitrogen and oxygen atoms in total. The van der Waals surface area contributed by atoms with Crippen LogP contribution in [0, 0.1) is 5.41 Å². The van der Waals surface area contributed by atoms with Gasteiger partial charge in [-0.05, 0) is 46.2 Å². The molecule has 0 amide bonds. The summed E-state index contributed by atoms with van der Waals surface area (Å²) >= 11 is 0. The van der Waals surface area contributed by atoms with E-state index in [-0.39, 0.29) is 5.54 Å². The van der Waals surface area contributed by atoms with E-state index in [1.807, 2.05) is 0 Å². The van der Waals surface area contributed by atoms with Crippen LogP contribution in [-0.2, 0) is 0 Å². The van der Waals surface area contributed by atoms with Gasteiger partial charge in [-0.3, -0.25) is 0 Å². The molecule has 104 valence electrons. The third-order valence-electron chi connectivity index (χ3n) is 2.94. The lowest BCUT2D eigenvalue weighted by Crippen LogP contribution is -2.45. The Morgan fingerprint density at radius 1 is 1.00 bits per heavy atom. The summed E-state index contributed by atoms with van der Waals surface area (Å²) < 4.78 is 0. The van der Waals surface area contributed by atoms with Crippen LogP contribution in [0.25, 0.3) is 0 Å². The summed E-state index contributed by atoms with van der Waals surface area (Å²) in [7, 11) is 2.24. The Hall–Kier alpha value is -0.0800. The molecule has 0 aromatic carbocycles. The monoisotopic (exact) mass is 242 g/mol. The fraction of sp³-hybridized carbons (Fsp3) is 1.00. The number of hydrogen-bond donors (Lipinski definition) is 1. The highest BCUT2D eigenvalue weighted by Crippen LogP contribution is 2.17. The van der Waals surface area contributed by atoms with Crippen molar-refractivity contribution >= 4 is 0 Å². The van der Waals surface area contributed by atoms with Crippen molar-refractivity contribution in [3.05, 3.63) is 0 Å². The van der Waals surface area contributed by atoms with Gasteiger partial charge in [0, 0.05) is 18.6 Å². The topological polar surface area (TPSA) is 15.3 Å². The molecule has 0 saturated heterocycles. The highest BCUT2D eigenvalue weighted by molar-refractivity contribution is 4.80. The molecule has 0 unspecified atom stereocenters. The van der Waals surface area contributed by atoms with Crippen molar-refractivity contribution in [2.75, 3.05) is 26.7 Å². The first-order chi connectivity index (χ1) is 7.66. The summed E-state index contributed by atoms with van der Waals surface area (Å²) in [4.78, 5) is 2.47. The van der Waals surface area contributed by atoms with Crippen LogP contribution in [0.15, 0.2) is 0 Å². The Balaban J connectivity index is 3.89. The van der Waals surface area contributed by atoms with Crippen molar-refractivity contribution in [2.24, 2.45) is 5.41 Å². The molecule has 0 aromatic rings. The van der Waals surface area contributed by atoms with E-state index < -0.39 is 0 Å². The SMILES string of the molecule is CCCCCN(C)CC(C)(C)CNC(C)(C)C. The Bertz CT molecular complexity index is 192. The van der Waals surface area contributed by atoms with Gasteiger partial charge in [0.2, 0.25) is 0 Å². The summed E-state index contributed by atoms with van der Waals surface area (Å²) in [6.45, 7) is 17.1. The molecule has 0 heterocycles. The molecule has 0 aliphatic rings. The second kappa shape index (κ2) is 7.38. The molecule has 0 aromatic heterocycles. The van der Waals surface area contributed by atoms with Gasteiger partial charge in [0.25, 0.3) is 0 Å². The van der Waals surface area contributed by atoms with Crippen molar-refractivity contribution in [3.8, 4) is 0 Å². The third kappa shape index (κ3) is 10.8. The van der Waals surface area contributed by atoms with Gasteiger partial charge in [0.1, 0.15) is 0 Å². The zero-order valence-electron chi connectivity index (χ0n) is 13.2. The van der Waals surface area contributed by atoms with Gasteiger partial charge >= 0.3 is 0 Å². The molecular formula is C15H34N2. The van der Waals surface area contributed by atoms with Gasteiger partial charge in [0.15, 0.2) is 0 Å².